The SMILES string of the molecule is [CH]=C(c1ccc(N(C)C)cc1)c1ccc(N(C)C)cc1. The van der Waals surface area contributed by atoms with Gasteiger partial charge in [-0.15, -0.1) is 0 Å². The van der Waals surface area contributed by atoms with Crippen LogP contribution >= 0.6 is 0 Å². The molecule has 0 heterocycles. The maximum Gasteiger partial charge on any atom is 0.0361 e. The van der Waals surface area contributed by atoms with Gasteiger partial charge in [0.1, 0.15) is 0 Å². The summed E-state index contributed by atoms with van der Waals surface area (Å²) < 4.78 is 0. The standard InChI is InChI=1S/C18H21N2/c1-14(15-6-10-17(11-7-15)19(2)3)16-8-12-18(13-9-16)20(4)5/h1,6-13H,2-5H3. The van der Waals surface area contributed by atoms with Gasteiger partial charge in [0.05, 0.1) is 0 Å². The summed E-state index contributed by atoms with van der Waals surface area (Å²) in [5.74, 6) is 0. The molecule has 0 unspecified atom stereocenters. The van der Waals surface area contributed by atoms with Crippen LogP contribution in [0.1, 0.15) is 11.1 Å². The third kappa shape index (κ3) is 3.02. The van der Waals surface area contributed by atoms with Crippen molar-refractivity contribution in [3.8, 4) is 0 Å². The normalized spacial score (nSPS) is 10.2. The monoisotopic (exact) mass is 265 g/mol. The topological polar surface area (TPSA) is 6.48 Å². The smallest absolute Gasteiger partial charge is 0.0361 e. The second-order valence-electron chi connectivity index (χ2n) is 5.30. The molecule has 2 nitrogen and oxygen atoms in total. The van der Waals surface area contributed by atoms with Crippen LogP contribution in [0.15, 0.2) is 48.5 Å². The number of nitrogens with zero attached hydrogens (tertiary/aromatic N) is 2. The zero-order valence-electron chi connectivity index (χ0n) is 12.6. The minimum absolute atomic E-state index is 0.806. The summed E-state index contributed by atoms with van der Waals surface area (Å²) in [5, 5.41) is 0. The third-order valence-electron chi connectivity index (χ3n) is 3.39. The van der Waals surface area contributed by atoms with Gasteiger partial charge in [0.15, 0.2) is 0 Å². The fraction of sp³-hybridized carbons (Fsp3) is 0.222. The Bertz CT molecular complexity index is 524. The van der Waals surface area contributed by atoms with E-state index < -0.39 is 0 Å². The molecule has 103 valence electrons. The second kappa shape index (κ2) is 5.83. The van der Waals surface area contributed by atoms with Gasteiger partial charge < -0.3 is 9.80 Å². The molecule has 0 aliphatic carbocycles. The molecule has 2 rings (SSSR count). The van der Waals surface area contributed by atoms with E-state index in [0.717, 1.165) is 16.7 Å². The van der Waals surface area contributed by atoms with Crippen molar-refractivity contribution in [1.82, 2.24) is 0 Å². The van der Waals surface area contributed by atoms with Crippen molar-refractivity contribution >= 4 is 16.9 Å². The first-order chi connectivity index (χ1) is 9.49. The number of anilines is 2. The Labute approximate surface area is 122 Å². The predicted molar refractivity (Wildman–Crippen MR) is 88.3 cm³/mol. The number of benzene rings is 2. The molecule has 0 bridgehead atoms. The van der Waals surface area contributed by atoms with Gasteiger partial charge in [0, 0.05) is 39.6 Å². The van der Waals surface area contributed by atoms with E-state index in [1.54, 1.807) is 0 Å². The highest BCUT2D eigenvalue weighted by atomic mass is 15.1. The van der Waals surface area contributed by atoms with Crippen molar-refractivity contribution in [3.63, 3.8) is 0 Å². The first-order valence-electron chi connectivity index (χ1n) is 6.67. The lowest BCUT2D eigenvalue weighted by atomic mass is 9.99. The summed E-state index contributed by atoms with van der Waals surface area (Å²) in [5.41, 5.74) is 5.25. The van der Waals surface area contributed by atoms with Crippen LogP contribution in [0.3, 0.4) is 0 Å². The molecule has 0 spiro atoms. The van der Waals surface area contributed by atoms with Gasteiger partial charge in [-0.25, -0.2) is 0 Å². The molecule has 0 aliphatic rings. The Morgan fingerprint density at radius 1 is 0.650 bits per heavy atom. The van der Waals surface area contributed by atoms with E-state index in [-0.39, 0.29) is 0 Å². The van der Waals surface area contributed by atoms with Crippen molar-refractivity contribution in [3.05, 3.63) is 66.2 Å². The molecule has 0 aliphatic heterocycles. The van der Waals surface area contributed by atoms with E-state index >= 15 is 0 Å². The molecule has 0 saturated heterocycles. The summed E-state index contributed by atoms with van der Waals surface area (Å²) in [6.07, 6.45) is 0. The average Bonchev–Trinajstić information content (AvgIpc) is 2.46. The van der Waals surface area contributed by atoms with Gasteiger partial charge in [0.2, 0.25) is 0 Å². The molecule has 0 saturated carbocycles. The lowest BCUT2D eigenvalue weighted by Gasteiger charge is -2.15. The van der Waals surface area contributed by atoms with Gasteiger partial charge in [0.25, 0.3) is 0 Å². The first kappa shape index (κ1) is 14.2. The maximum atomic E-state index is 6.26. The Kier molecular flexibility index (Phi) is 4.14. The second-order valence-corrected chi connectivity index (χ2v) is 5.30. The zero-order valence-corrected chi connectivity index (χ0v) is 12.6. The van der Waals surface area contributed by atoms with E-state index in [1.807, 2.05) is 28.2 Å². The van der Waals surface area contributed by atoms with Crippen LogP contribution in [0.2, 0.25) is 0 Å². The molecule has 2 aromatic carbocycles. The predicted octanol–water partition coefficient (Wildman–Crippen LogP) is 3.68. The van der Waals surface area contributed by atoms with Gasteiger partial charge in [-0.05, 0) is 41.0 Å². The maximum absolute atomic E-state index is 6.26. The molecule has 0 atom stereocenters. The quantitative estimate of drug-likeness (QED) is 0.832. The molecule has 1 radical (unpaired) electrons. The van der Waals surface area contributed by atoms with Crippen LogP contribution < -0.4 is 9.80 Å². The van der Waals surface area contributed by atoms with E-state index in [4.69, 9.17) is 6.58 Å². The summed E-state index contributed by atoms with van der Waals surface area (Å²) >= 11 is 0. The van der Waals surface area contributed by atoms with Crippen molar-refractivity contribution in [1.29, 1.82) is 0 Å². The Balaban J connectivity index is 2.22. The lowest BCUT2D eigenvalue weighted by Crippen LogP contribution is -2.08. The Morgan fingerprint density at radius 2 is 0.950 bits per heavy atom. The summed E-state index contributed by atoms with van der Waals surface area (Å²) in [6.45, 7) is 6.26. The molecule has 0 aromatic heterocycles. The van der Waals surface area contributed by atoms with Gasteiger partial charge in [-0.2, -0.15) is 0 Å². The summed E-state index contributed by atoms with van der Waals surface area (Å²) in [7, 11) is 8.12. The highest BCUT2D eigenvalue weighted by Gasteiger charge is 2.04. The van der Waals surface area contributed by atoms with Crippen molar-refractivity contribution in [2.75, 3.05) is 38.0 Å². The molecule has 2 heteroatoms. The molecule has 2 aromatic rings. The van der Waals surface area contributed by atoms with E-state index in [1.165, 1.54) is 11.4 Å². The lowest BCUT2D eigenvalue weighted by molar-refractivity contribution is 1.13. The fourth-order valence-corrected chi connectivity index (χ4v) is 2.04. The van der Waals surface area contributed by atoms with E-state index in [9.17, 15) is 0 Å². The largest absolute Gasteiger partial charge is 0.378 e. The van der Waals surface area contributed by atoms with Gasteiger partial charge in [-0.1, -0.05) is 30.8 Å². The molecule has 0 N–H and O–H groups in total. The Morgan fingerprint density at radius 3 is 1.20 bits per heavy atom. The van der Waals surface area contributed by atoms with Crippen molar-refractivity contribution in [2.24, 2.45) is 0 Å². The average molecular weight is 265 g/mol. The van der Waals surface area contributed by atoms with Crippen molar-refractivity contribution < 1.29 is 0 Å². The van der Waals surface area contributed by atoms with Crippen molar-refractivity contribution in [2.45, 2.75) is 0 Å². The van der Waals surface area contributed by atoms with Crippen LogP contribution in [0.4, 0.5) is 11.4 Å². The van der Waals surface area contributed by atoms with Gasteiger partial charge in [-0.3, -0.25) is 0 Å². The third-order valence-corrected chi connectivity index (χ3v) is 3.39. The first-order valence-corrected chi connectivity index (χ1v) is 6.67. The minimum Gasteiger partial charge on any atom is -0.378 e. The van der Waals surface area contributed by atoms with E-state index in [2.05, 4.69) is 58.3 Å². The van der Waals surface area contributed by atoms with Crippen LogP contribution in [0.5, 0.6) is 0 Å². The summed E-state index contributed by atoms with van der Waals surface area (Å²) in [6, 6.07) is 16.6. The molecule has 0 amide bonds. The molecular weight excluding hydrogens is 244 g/mol. The molecule has 20 heavy (non-hydrogen) atoms. The zero-order chi connectivity index (χ0) is 14.7. The molecular formula is C18H21N2. The van der Waals surface area contributed by atoms with Crippen LogP contribution in [-0.4, -0.2) is 28.2 Å². The number of hydrogen-bond donors (Lipinski definition) is 0. The summed E-state index contributed by atoms with van der Waals surface area (Å²) in [4.78, 5) is 4.15. The minimum atomic E-state index is 0.806. The van der Waals surface area contributed by atoms with Crippen LogP contribution in [-0.2, 0) is 0 Å². The number of hydrogen-bond acceptors (Lipinski definition) is 2. The number of rotatable bonds is 4. The highest BCUT2D eigenvalue weighted by molar-refractivity contribution is 5.78. The fourth-order valence-electron chi connectivity index (χ4n) is 2.04. The van der Waals surface area contributed by atoms with Gasteiger partial charge >= 0.3 is 0 Å². The highest BCUT2D eigenvalue weighted by Crippen LogP contribution is 2.25. The van der Waals surface area contributed by atoms with E-state index in [0.29, 0.717) is 0 Å². The van der Waals surface area contributed by atoms with Crippen LogP contribution in [0.25, 0.3) is 5.57 Å². The van der Waals surface area contributed by atoms with Crippen LogP contribution in [0, 0.1) is 6.58 Å². The Hall–Kier alpha value is -2.22. The molecule has 0 fully saturated rings.